The standard InChI is InChI=1S/C4H5FO2/c5-3-1-2-4(6)7/h1-2H,3H2,(H,6,7). The van der Waals surface area contributed by atoms with Gasteiger partial charge in [0.2, 0.25) is 0 Å². The van der Waals surface area contributed by atoms with Crippen molar-refractivity contribution in [3.63, 3.8) is 0 Å². The normalized spacial score (nSPS) is 9.86. The minimum Gasteiger partial charge on any atom is -0.478 e. The zero-order valence-corrected chi connectivity index (χ0v) is 3.60. The summed E-state index contributed by atoms with van der Waals surface area (Å²) in [6, 6.07) is 0. The average molecular weight is 104 g/mol. The summed E-state index contributed by atoms with van der Waals surface area (Å²) < 4.78 is 11.0. The summed E-state index contributed by atoms with van der Waals surface area (Å²) in [5.74, 6) is -1.11. The Morgan fingerprint density at radius 3 is 2.57 bits per heavy atom. The molecule has 0 aromatic carbocycles. The van der Waals surface area contributed by atoms with Crippen LogP contribution in [0.4, 0.5) is 4.39 Å². The van der Waals surface area contributed by atoms with E-state index in [1.807, 2.05) is 0 Å². The van der Waals surface area contributed by atoms with Gasteiger partial charge in [0.25, 0.3) is 0 Å². The molecule has 2 nitrogen and oxygen atoms in total. The summed E-state index contributed by atoms with van der Waals surface area (Å²) in [6.45, 7) is -0.716. The van der Waals surface area contributed by atoms with Crippen LogP contribution in [-0.4, -0.2) is 17.8 Å². The van der Waals surface area contributed by atoms with Gasteiger partial charge >= 0.3 is 5.97 Å². The van der Waals surface area contributed by atoms with Crippen molar-refractivity contribution >= 4 is 5.97 Å². The van der Waals surface area contributed by atoms with Crippen LogP contribution < -0.4 is 0 Å². The molecule has 0 rings (SSSR count). The summed E-state index contributed by atoms with van der Waals surface area (Å²) in [4.78, 5) is 9.50. The van der Waals surface area contributed by atoms with Crippen molar-refractivity contribution in [1.29, 1.82) is 0 Å². The minimum absolute atomic E-state index is 0.716. The predicted octanol–water partition coefficient (Wildman–Crippen LogP) is 0.597. The van der Waals surface area contributed by atoms with Gasteiger partial charge in [0.1, 0.15) is 6.67 Å². The van der Waals surface area contributed by atoms with Gasteiger partial charge in [-0.1, -0.05) is 0 Å². The third kappa shape index (κ3) is 5.14. The highest BCUT2D eigenvalue weighted by atomic mass is 19.1. The first-order valence-electron chi connectivity index (χ1n) is 1.73. The number of halogens is 1. The fraction of sp³-hybridized carbons (Fsp3) is 0.250. The molecule has 7 heavy (non-hydrogen) atoms. The van der Waals surface area contributed by atoms with Crippen LogP contribution in [0.25, 0.3) is 0 Å². The number of hydrogen-bond acceptors (Lipinski definition) is 1. The van der Waals surface area contributed by atoms with Crippen LogP contribution in [0.3, 0.4) is 0 Å². The molecule has 0 unspecified atom stereocenters. The molecule has 0 aliphatic carbocycles. The second-order valence-electron chi connectivity index (χ2n) is 0.895. The molecule has 0 saturated heterocycles. The molecule has 3 heteroatoms. The van der Waals surface area contributed by atoms with Gasteiger partial charge < -0.3 is 5.11 Å². The second-order valence-corrected chi connectivity index (χ2v) is 0.895. The Balaban J connectivity index is 3.26. The number of allylic oxidation sites excluding steroid dienone is 1. The third-order valence-corrected chi connectivity index (χ3v) is 0.350. The number of alkyl halides is 1. The number of hydrogen-bond donors (Lipinski definition) is 1. The van der Waals surface area contributed by atoms with E-state index in [1.54, 1.807) is 0 Å². The fourth-order valence-electron chi connectivity index (χ4n) is 0.145. The topological polar surface area (TPSA) is 37.3 Å². The van der Waals surface area contributed by atoms with Crippen LogP contribution in [0, 0.1) is 0 Å². The minimum atomic E-state index is -1.11. The predicted molar refractivity (Wildman–Crippen MR) is 22.8 cm³/mol. The molecule has 0 aromatic heterocycles. The van der Waals surface area contributed by atoms with E-state index >= 15 is 0 Å². The first-order valence-corrected chi connectivity index (χ1v) is 1.73. The van der Waals surface area contributed by atoms with Crippen molar-refractivity contribution in [2.75, 3.05) is 6.67 Å². The van der Waals surface area contributed by atoms with Crippen LogP contribution in [0.1, 0.15) is 0 Å². The maximum Gasteiger partial charge on any atom is 0.328 e. The smallest absolute Gasteiger partial charge is 0.328 e. The molecule has 0 aromatic rings. The third-order valence-electron chi connectivity index (χ3n) is 0.350. The Morgan fingerprint density at radius 1 is 1.86 bits per heavy atom. The largest absolute Gasteiger partial charge is 0.478 e. The molecule has 0 amide bonds. The lowest BCUT2D eigenvalue weighted by Gasteiger charge is -1.72. The summed E-state index contributed by atoms with van der Waals surface area (Å²) in [5, 5.41) is 7.79. The highest BCUT2D eigenvalue weighted by Gasteiger charge is 1.80. The van der Waals surface area contributed by atoms with Crippen molar-refractivity contribution < 1.29 is 14.3 Å². The highest BCUT2D eigenvalue weighted by molar-refractivity contribution is 5.79. The van der Waals surface area contributed by atoms with Gasteiger partial charge in [0.05, 0.1) is 0 Å². The van der Waals surface area contributed by atoms with Crippen LogP contribution in [0.15, 0.2) is 12.2 Å². The second kappa shape index (κ2) is 3.33. The molecule has 0 radical (unpaired) electrons. The van der Waals surface area contributed by atoms with Gasteiger partial charge in [-0.15, -0.1) is 0 Å². The first-order chi connectivity index (χ1) is 3.27. The Hall–Kier alpha value is -0.860. The fourth-order valence-corrected chi connectivity index (χ4v) is 0.145. The number of carboxylic acids is 1. The van der Waals surface area contributed by atoms with Crippen molar-refractivity contribution in [3.8, 4) is 0 Å². The van der Waals surface area contributed by atoms with Crippen molar-refractivity contribution in [3.05, 3.63) is 12.2 Å². The molecule has 0 saturated carbocycles. The lowest BCUT2D eigenvalue weighted by molar-refractivity contribution is -0.131. The molecule has 0 bridgehead atoms. The number of rotatable bonds is 2. The van der Waals surface area contributed by atoms with Gasteiger partial charge in [-0.25, -0.2) is 9.18 Å². The van der Waals surface area contributed by atoms with Crippen LogP contribution in [-0.2, 0) is 4.79 Å². The maximum absolute atomic E-state index is 11.0. The lowest BCUT2D eigenvalue weighted by atomic mass is 10.5. The molecule has 0 aliphatic heterocycles. The van der Waals surface area contributed by atoms with E-state index in [-0.39, 0.29) is 0 Å². The van der Waals surface area contributed by atoms with Gasteiger partial charge in [0, 0.05) is 6.08 Å². The molecule has 0 spiro atoms. The van der Waals surface area contributed by atoms with Crippen LogP contribution in [0.2, 0.25) is 0 Å². The van der Waals surface area contributed by atoms with E-state index in [0.717, 1.165) is 12.2 Å². The van der Waals surface area contributed by atoms with Crippen molar-refractivity contribution in [2.45, 2.75) is 0 Å². The van der Waals surface area contributed by atoms with E-state index < -0.39 is 12.6 Å². The summed E-state index contributed by atoms with van der Waals surface area (Å²) >= 11 is 0. The summed E-state index contributed by atoms with van der Waals surface area (Å²) in [5.41, 5.74) is 0. The van der Waals surface area contributed by atoms with Gasteiger partial charge in [0.15, 0.2) is 0 Å². The lowest BCUT2D eigenvalue weighted by Crippen LogP contribution is -1.85. The van der Waals surface area contributed by atoms with E-state index in [4.69, 9.17) is 5.11 Å². The van der Waals surface area contributed by atoms with Gasteiger partial charge in [-0.05, 0) is 6.08 Å². The van der Waals surface area contributed by atoms with Crippen LogP contribution in [0.5, 0.6) is 0 Å². The molecule has 0 heterocycles. The Labute approximate surface area is 40.3 Å². The van der Waals surface area contributed by atoms with E-state index in [9.17, 15) is 9.18 Å². The number of aliphatic carboxylic acids is 1. The molecule has 1 N–H and O–H groups in total. The zero-order chi connectivity index (χ0) is 5.70. The molecule has 0 atom stereocenters. The molecule has 0 aliphatic rings. The Morgan fingerprint density at radius 2 is 2.43 bits per heavy atom. The maximum atomic E-state index is 11.0. The monoisotopic (exact) mass is 104 g/mol. The first kappa shape index (κ1) is 6.14. The van der Waals surface area contributed by atoms with E-state index in [2.05, 4.69) is 0 Å². The highest BCUT2D eigenvalue weighted by Crippen LogP contribution is 1.71. The quantitative estimate of drug-likeness (QED) is 0.521. The van der Waals surface area contributed by atoms with Crippen LogP contribution >= 0.6 is 0 Å². The summed E-state index contributed by atoms with van der Waals surface area (Å²) in [7, 11) is 0. The molecule has 0 fully saturated rings. The Kier molecular flexibility index (Phi) is 2.92. The van der Waals surface area contributed by atoms with E-state index in [1.165, 1.54) is 0 Å². The van der Waals surface area contributed by atoms with E-state index in [0.29, 0.717) is 0 Å². The van der Waals surface area contributed by atoms with Crippen molar-refractivity contribution in [1.82, 2.24) is 0 Å². The number of carboxylic acid groups (broad SMARTS) is 1. The molecule has 40 valence electrons. The Bertz CT molecular complexity index is 87.7. The molecular formula is C4H5FO2. The van der Waals surface area contributed by atoms with Gasteiger partial charge in [-0.2, -0.15) is 0 Å². The zero-order valence-electron chi connectivity index (χ0n) is 3.60. The average Bonchev–Trinajstić information content (AvgIpc) is 1.61. The SMILES string of the molecule is O=C(O)C=CCF. The number of carbonyl (C=O) groups is 1. The van der Waals surface area contributed by atoms with Gasteiger partial charge in [-0.3, -0.25) is 0 Å². The molecular weight excluding hydrogens is 99.0 g/mol. The summed E-state index contributed by atoms with van der Waals surface area (Å²) in [6.07, 6.45) is 1.70. The van der Waals surface area contributed by atoms with Crippen molar-refractivity contribution in [2.24, 2.45) is 0 Å².